The summed E-state index contributed by atoms with van der Waals surface area (Å²) in [7, 11) is 0. The summed E-state index contributed by atoms with van der Waals surface area (Å²) >= 11 is 12.0. The van der Waals surface area contributed by atoms with Gasteiger partial charge in [-0.1, -0.05) is 35.3 Å². The largest absolute Gasteiger partial charge is 0.491 e. The normalized spacial score (nSPS) is 16.4. The molecule has 1 atom stereocenters. The number of amides is 1. The molecular formula is C21H24Cl2FN3O2. The van der Waals surface area contributed by atoms with E-state index in [1.54, 1.807) is 6.07 Å². The first-order chi connectivity index (χ1) is 13.9. The number of hydrogen-bond donors (Lipinski definition) is 1. The van der Waals surface area contributed by atoms with Crippen LogP contribution in [0.15, 0.2) is 42.5 Å². The molecule has 8 heteroatoms. The first-order valence-electron chi connectivity index (χ1n) is 9.53. The van der Waals surface area contributed by atoms with Gasteiger partial charge >= 0.3 is 0 Å². The van der Waals surface area contributed by atoms with Crippen molar-refractivity contribution in [3.63, 3.8) is 0 Å². The van der Waals surface area contributed by atoms with E-state index in [9.17, 15) is 9.18 Å². The van der Waals surface area contributed by atoms with E-state index in [1.807, 2.05) is 25.1 Å². The Morgan fingerprint density at radius 3 is 2.62 bits per heavy atom. The van der Waals surface area contributed by atoms with Gasteiger partial charge in [-0.15, -0.1) is 0 Å². The number of nitrogens with zero attached hydrogens (tertiary/aromatic N) is 2. The molecule has 0 radical (unpaired) electrons. The number of hydrogen-bond acceptors (Lipinski definition) is 4. The number of halogens is 3. The molecule has 1 N–H and O–H groups in total. The molecule has 156 valence electrons. The van der Waals surface area contributed by atoms with Gasteiger partial charge in [0.15, 0.2) is 0 Å². The second-order valence-electron chi connectivity index (χ2n) is 6.95. The van der Waals surface area contributed by atoms with E-state index >= 15 is 0 Å². The quantitative estimate of drug-likeness (QED) is 0.703. The van der Waals surface area contributed by atoms with Crippen molar-refractivity contribution in [2.24, 2.45) is 0 Å². The monoisotopic (exact) mass is 439 g/mol. The van der Waals surface area contributed by atoms with Gasteiger partial charge in [-0.25, -0.2) is 4.39 Å². The lowest BCUT2D eigenvalue weighted by atomic mass is 10.2. The molecule has 0 spiro atoms. The average Bonchev–Trinajstić information content (AvgIpc) is 2.72. The van der Waals surface area contributed by atoms with Crippen molar-refractivity contribution in [1.29, 1.82) is 0 Å². The van der Waals surface area contributed by atoms with E-state index in [-0.39, 0.29) is 17.6 Å². The van der Waals surface area contributed by atoms with E-state index < -0.39 is 5.82 Å². The maximum absolute atomic E-state index is 13.8. The van der Waals surface area contributed by atoms with E-state index in [2.05, 4.69) is 15.1 Å². The van der Waals surface area contributed by atoms with Crippen molar-refractivity contribution in [3.05, 3.63) is 58.3 Å². The van der Waals surface area contributed by atoms with Gasteiger partial charge in [-0.3, -0.25) is 14.6 Å². The first kappa shape index (κ1) is 21.8. The molecule has 1 unspecified atom stereocenters. The fourth-order valence-electron chi connectivity index (χ4n) is 3.22. The van der Waals surface area contributed by atoms with Crippen LogP contribution >= 0.6 is 23.2 Å². The number of piperazine rings is 1. The van der Waals surface area contributed by atoms with Crippen LogP contribution in [0.2, 0.25) is 10.0 Å². The molecule has 0 saturated carbocycles. The Labute approximate surface area is 180 Å². The Bertz CT molecular complexity index is 844. The smallest absolute Gasteiger partial charge is 0.241 e. The number of benzene rings is 2. The lowest BCUT2D eigenvalue weighted by molar-refractivity contribution is -0.121. The third kappa shape index (κ3) is 6.06. The molecule has 5 nitrogen and oxygen atoms in total. The van der Waals surface area contributed by atoms with Gasteiger partial charge in [-0.2, -0.15) is 0 Å². The molecule has 1 aliphatic heterocycles. The van der Waals surface area contributed by atoms with Gasteiger partial charge < -0.3 is 10.1 Å². The van der Waals surface area contributed by atoms with Gasteiger partial charge in [0.25, 0.3) is 0 Å². The topological polar surface area (TPSA) is 44.8 Å². The highest BCUT2D eigenvalue weighted by atomic mass is 35.5. The van der Waals surface area contributed by atoms with E-state index in [0.29, 0.717) is 22.4 Å². The third-order valence-corrected chi connectivity index (χ3v) is 5.57. The number of anilines is 1. The van der Waals surface area contributed by atoms with E-state index in [1.165, 1.54) is 18.2 Å². The second kappa shape index (κ2) is 10.3. The number of rotatable bonds is 7. The van der Waals surface area contributed by atoms with Crippen LogP contribution in [0, 0.1) is 5.82 Å². The van der Waals surface area contributed by atoms with Gasteiger partial charge in [0.2, 0.25) is 5.91 Å². The van der Waals surface area contributed by atoms with Crippen LogP contribution in [0.4, 0.5) is 10.1 Å². The maximum Gasteiger partial charge on any atom is 0.241 e. The fourth-order valence-corrected chi connectivity index (χ4v) is 3.58. The van der Waals surface area contributed by atoms with Crippen molar-refractivity contribution in [1.82, 2.24) is 9.80 Å². The predicted molar refractivity (Wildman–Crippen MR) is 114 cm³/mol. The molecule has 1 fully saturated rings. The van der Waals surface area contributed by atoms with Gasteiger partial charge in [-0.05, 0) is 37.3 Å². The third-order valence-electron chi connectivity index (χ3n) is 5.02. The Kier molecular flexibility index (Phi) is 7.72. The van der Waals surface area contributed by atoms with Crippen LogP contribution in [0.1, 0.15) is 6.92 Å². The van der Waals surface area contributed by atoms with Crippen molar-refractivity contribution >= 4 is 34.8 Å². The summed E-state index contributed by atoms with van der Waals surface area (Å²) in [6, 6.07) is 11.2. The van der Waals surface area contributed by atoms with Crippen LogP contribution in [0.25, 0.3) is 0 Å². The second-order valence-corrected chi connectivity index (χ2v) is 7.79. The average molecular weight is 440 g/mol. The van der Waals surface area contributed by atoms with E-state index in [0.717, 1.165) is 32.7 Å². The zero-order valence-electron chi connectivity index (χ0n) is 16.2. The highest BCUT2D eigenvalue weighted by molar-refractivity contribution is 6.32. The minimum absolute atomic E-state index is 0.102. The van der Waals surface area contributed by atoms with E-state index in [4.69, 9.17) is 27.9 Å². The Hall–Kier alpha value is -1.86. The standard InChI is InChI=1S/C21H24Cl2FN3O2/c1-15(21(28)25-19-14-16(22)6-7-18(19)24)27-10-8-26(9-11-27)12-13-29-20-5-3-2-4-17(20)23/h2-7,14-15H,8-13H2,1H3,(H,25,28). The zero-order chi connectivity index (χ0) is 20.8. The molecule has 3 rings (SSSR count). The highest BCUT2D eigenvalue weighted by Crippen LogP contribution is 2.23. The molecular weight excluding hydrogens is 416 g/mol. The summed E-state index contributed by atoms with van der Waals surface area (Å²) in [5.74, 6) is -0.0636. The van der Waals surface area contributed by atoms with Crippen LogP contribution in [-0.2, 0) is 4.79 Å². The highest BCUT2D eigenvalue weighted by Gasteiger charge is 2.26. The first-order valence-corrected chi connectivity index (χ1v) is 10.3. The molecule has 1 saturated heterocycles. The number of carbonyl (C=O) groups is 1. The Morgan fingerprint density at radius 2 is 1.90 bits per heavy atom. The van der Waals surface area contributed by atoms with Crippen molar-refractivity contribution in [3.8, 4) is 5.75 Å². The molecule has 2 aromatic rings. The Morgan fingerprint density at radius 1 is 1.17 bits per heavy atom. The number of ether oxygens (including phenoxy) is 1. The molecule has 0 aromatic heterocycles. The molecule has 29 heavy (non-hydrogen) atoms. The summed E-state index contributed by atoms with van der Waals surface area (Å²) in [6.45, 7) is 6.32. The van der Waals surface area contributed by atoms with Crippen LogP contribution in [-0.4, -0.2) is 61.1 Å². The van der Waals surface area contributed by atoms with Gasteiger partial charge in [0.1, 0.15) is 18.2 Å². The zero-order valence-corrected chi connectivity index (χ0v) is 17.7. The van der Waals surface area contributed by atoms with Crippen LogP contribution in [0.5, 0.6) is 5.75 Å². The van der Waals surface area contributed by atoms with Crippen molar-refractivity contribution in [2.45, 2.75) is 13.0 Å². The van der Waals surface area contributed by atoms with Crippen LogP contribution < -0.4 is 10.1 Å². The molecule has 1 amide bonds. The van der Waals surface area contributed by atoms with Crippen LogP contribution in [0.3, 0.4) is 0 Å². The summed E-state index contributed by atoms with van der Waals surface area (Å²) in [6.07, 6.45) is 0. The minimum atomic E-state index is -0.502. The number of para-hydroxylation sites is 1. The molecule has 1 heterocycles. The Balaban J connectivity index is 1.43. The minimum Gasteiger partial charge on any atom is -0.491 e. The molecule has 0 aliphatic carbocycles. The summed E-state index contributed by atoms with van der Waals surface area (Å²) < 4.78 is 19.6. The molecule has 2 aromatic carbocycles. The summed E-state index contributed by atoms with van der Waals surface area (Å²) in [5, 5.41) is 3.61. The molecule has 0 bridgehead atoms. The van der Waals surface area contributed by atoms with Gasteiger partial charge in [0.05, 0.1) is 16.8 Å². The van der Waals surface area contributed by atoms with Crippen molar-refractivity contribution in [2.75, 3.05) is 44.6 Å². The number of nitrogens with one attached hydrogen (secondary N) is 1. The lowest BCUT2D eigenvalue weighted by Crippen LogP contribution is -2.53. The lowest BCUT2D eigenvalue weighted by Gasteiger charge is -2.37. The van der Waals surface area contributed by atoms with Gasteiger partial charge in [0, 0.05) is 37.7 Å². The molecule has 1 aliphatic rings. The summed E-state index contributed by atoms with van der Waals surface area (Å²) in [4.78, 5) is 16.9. The predicted octanol–water partition coefficient (Wildman–Crippen LogP) is 4.16. The number of carbonyl (C=O) groups excluding carboxylic acids is 1. The van der Waals surface area contributed by atoms with Crippen molar-refractivity contribution < 1.29 is 13.9 Å². The summed E-state index contributed by atoms with van der Waals surface area (Å²) in [5.41, 5.74) is 0.102. The SMILES string of the molecule is CC(C(=O)Nc1cc(Cl)ccc1F)N1CCN(CCOc2ccccc2Cl)CC1. The maximum atomic E-state index is 13.8. The fraction of sp³-hybridized carbons (Fsp3) is 0.381.